The van der Waals surface area contributed by atoms with Crippen molar-refractivity contribution in [2.24, 2.45) is 11.8 Å². The molecule has 0 aliphatic heterocycles. The van der Waals surface area contributed by atoms with E-state index in [1.165, 1.54) is 51.5 Å². The molecule has 1 saturated carbocycles. The molecule has 1 fully saturated rings. The molecule has 2 nitrogen and oxygen atoms in total. The van der Waals surface area contributed by atoms with Crippen molar-refractivity contribution >= 4 is 0 Å². The van der Waals surface area contributed by atoms with E-state index in [9.17, 15) is 0 Å². The molecule has 3 unspecified atom stereocenters. The van der Waals surface area contributed by atoms with Crippen molar-refractivity contribution in [3.8, 4) is 0 Å². The molecule has 2 heteroatoms. The summed E-state index contributed by atoms with van der Waals surface area (Å²) < 4.78 is 0. The van der Waals surface area contributed by atoms with Crippen LogP contribution in [0.15, 0.2) is 0 Å². The molecule has 0 radical (unpaired) electrons. The average molecular weight is 268 g/mol. The Labute approximate surface area is 121 Å². The van der Waals surface area contributed by atoms with Gasteiger partial charge in [0.1, 0.15) is 0 Å². The third-order valence-corrected chi connectivity index (χ3v) is 5.23. The van der Waals surface area contributed by atoms with Gasteiger partial charge in [-0.1, -0.05) is 52.9 Å². The smallest absolute Gasteiger partial charge is 0.0242 e. The highest BCUT2D eigenvalue weighted by Crippen LogP contribution is 2.27. The van der Waals surface area contributed by atoms with Crippen LogP contribution in [0, 0.1) is 11.8 Å². The Morgan fingerprint density at radius 2 is 1.79 bits per heavy atom. The van der Waals surface area contributed by atoms with Crippen molar-refractivity contribution in [2.45, 2.75) is 77.8 Å². The van der Waals surface area contributed by atoms with Crippen LogP contribution in [0.25, 0.3) is 0 Å². The van der Waals surface area contributed by atoms with Crippen LogP contribution < -0.4 is 5.32 Å². The average Bonchev–Trinajstić information content (AvgIpc) is 2.43. The van der Waals surface area contributed by atoms with E-state index in [-0.39, 0.29) is 0 Å². The quantitative estimate of drug-likeness (QED) is 0.718. The Morgan fingerprint density at radius 3 is 2.32 bits per heavy atom. The van der Waals surface area contributed by atoms with E-state index >= 15 is 0 Å². The van der Waals surface area contributed by atoms with Gasteiger partial charge in [0.15, 0.2) is 0 Å². The Bertz CT molecular complexity index is 223. The van der Waals surface area contributed by atoms with Crippen molar-refractivity contribution in [2.75, 3.05) is 20.6 Å². The zero-order valence-electron chi connectivity index (χ0n) is 13.9. The summed E-state index contributed by atoms with van der Waals surface area (Å²) in [6, 6.07) is 1.47. The van der Waals surface area contributed by atoms with Crippen LogP contribution in [0.4, 0.5) is 0 Å². The van der Waals surface area contributed by atoms with Gasteiger partial charge >= 0.3 is 0 Å². The molecule has 1 aliphatic rings. The van der Waals surface area contributed by atoms with Gasteiger partial charge < -0.3 is 10.2 Å². The second kappa shape index (κ2) is 8.97. The largest absolute Gasteiger partial charge is 0.312 e. The van der Waals surface area contributed by atoms with Gasteiger partial charge in [0.05, 0.1) is 0 Å². The van der Waals surface area contributed by atoms with Crippen molar-refractivity contribution < 1.29 is 0 Å². The Kier molecular flexibility index (Phi) is 8.01. The second-order valence-corrected chi connectivity index (χ2v) is 6.65. The summed E-state index contributed by atoms with van der Waals surface area (Å²) in [5, 5.41) is 3.87. The summed E-state index contributed by atoms with van der Waals surface area (Å²) in [4.78, 5) is 2.42. The normalized spacial score (nSPS) is 26.1. The molecule has 0 aromatic rings. The maximum absolute atomic E-state index is 3.87. The molecule has 0 amide bonds. The van der Waals surface area contributed by atoms with Crippen LogP contribution in [0.3, 0.4) is 0 Å². The molecule has 0 heterocycles. The fraction of sp³-hybridized carbons (Fsp3) is 1.00. The summed E-state index contributed by atoms with van der Waals surface area (Å²) in [5.74, 6) is 1.80. The minimum absolute atomic E-state index is 0.692. The second-order valence-electron chi connectivity index (χ2n) is 6.65. The molecule has 0 saturated heterocycles. The summed E-state index contributed by atoms with van der Waals surface area (Å²) in [5.41, 5.74) is 0. The van der Waals surface area contributed by atoms with Gasteiger partial charge in [-0.05, 0) is 38.8 Å². The topological polar surface area (TPSA) is 15.3 Å². The maximum Gasteiger partial charge on any atom is 0.0242 e. The van der Waals surface area contributed by atoms with E-state index in [4.69, 9.17) is 0 Å². The number of nitrogens with zero attached hydrogens (tertiary/aromatic N) is 1. The van der Waals surface area contributed by atoms with E-state index < -0.39 is 0 Å². The highest BCUT2D eigenvalue weighted by Gasteiger charge is 2.24. The zero-order chi connectivity index (χ0) is 14.3. The van der Waals surface area contributed by atoms with Gasteiger partial charge in [0.25, 0.3) is 0 Å². The Balaban J connectivity index is 2.42. The summed E-state index contributed by atoms with van der Waals surface area (Å²) in [6.07, 6.45) is 9.62. The minimum Gasteiger partial charge on any atom is -0.312 e. The maximum atomic E-state index is 3.87. The van der Waals surface area contributed by atoms with Crippen molar-refractivity contribution in [3.63, 3.8) is 0 Å². The first-order valence-corrected chi connectivity index (χ1v) is 8.52. The van der Waals surface area contributed by atoms with Crippen molar-refractivity contribution in [1.82, 2.24) is 10.2 Å². The molecule has 1 aliphatic carbocycles. The lowest BCUT2D eigenvalue weighted by atomic mass is 9.84. The summed E-state index contributed by atoms with van der Waals surface area (Å²) in [6.45, 7) is 8.18. The number of nitrogens with one attached hydrogen (secondary N) is 1. The van der Waals surface area contributed by atoms with Gasteiger partial charge in [-0.25, -0.2) is 0 Å². The molecule has 3 atom stereocenters. The van der Waals surface area contributed by atoms with Gasteiger partial charge in [0, 0.05) is 18.6 Å². The van der Waals surface area contributed by atoms with Crippen molar-refractivity contribution in [3.05, 3.63) is 0 Å². The van der Waals surface area contributed by atoms with Crippen LogP contribution in [-0.4, -0.2) is 37.6 Å². The summed E-state index contributed by atoms with van der Waals surface area (Å²) >= 11 is 0. The third kappa shape index (κ3) is 5.43. The van der Waals surface area contributed by atoms with E-state index in [0.29, 0.717) is 6.04 Å². The predicted molar refractivity (Wildman–Crippen MR) is 85.6 cm³/mol. The van der Waals surface area contributed by atoms with Crippen molar-refractivity contribution in [1.29, 1.82) is 0 Å². The molecular formula is C17H36N2. The van der Waals surface area contributed by atoms with Crippen LogP contribution in [0.2, 0.25) is 0 Å². The monoisotopic (exact) mass is 268 g/mol. The standard InChI is InChI=1S/C17H36N2/c1-6-14-10-9-11-16(12-14)18-13-17(19(4)5)15(7-2)8-3/h14-18H,6-13H2,1-5H3. The summed E-state index contributed by atoms with van der Waals surface area (Å²) in [7, 11) is 4.47. The highest BCUT2D eigenvalue weighted by atomic mass is 15.1. The molecule has 1 rings (SSSR count). The van der Waals surface area contributed by atoms with Gasteiger partial charge in [-0.15, -0.1) is 0 Å². The first-order chi connectivity index (χ1) is 9.12. The highest BCUT2D eigenvalue weighted by molar-refractivity contribution is 4.82. The van der Waals surface area contributed by atoms with E-state index in [2.05, 4.69) is 45.1 Å². The lowest BCUT2D eigenvalue weighted by Gasteiger charge is -2.35. The fourth-order valence-corrected chi connectivity index (χ4v) is 3.74. The molecular weight excluding hydrogens is 232 g/mol. The minimum atomic E-state index is 0.692. The van der Waals surface area contributed by atoms with Gasteiger partial charge in [-0.3, -0.25) is 0 Å². The molecule has 0 aromatic heterocycles. The molecule has 0 aromatic carbocycles. The van der Waals surface area contributed by atoms with Crippen LogP contribution in [0.1, 0.15) is 65.7 Å². The molecule has 19 heavy (non-hydrogen) atoms. The number of likely N-dealkylation sites (N-methyl/N-ethyl adjacent to an activating group) is 1. The molecule has 0 spiro atoms. The predicted octanol–water partition coefficient (Wildman–Crippen LogP) is 3.91. The first kappa shape index (κ1) is 17.0. The lowest BCUT2D eigenvalue weighted by molar-refractivity contribution is 0.178. The van der Waals surface area contributed by atoms with Crippen LogP contribution in [0.5, 0.6) is 0 Å². The SMILES string of the molecule is CCC1CCCC(NCC(C(CC)CC)N(C)C)C1. The molecule has 1 N–H and O–H groups in total. The van der Waals surface area contributed by atoms with Gasteiger partial charge in [-0.2, -0.15) is 0 Å². The Morgan fingerprint density at radius 1 is 1.11 bits per heavy atom. The lowest BCUT2D eigenvalue weighted by Crippen LogP contribution is -2.46. The van der Waals surface area contributed by atoms with E-state index in [1.54, 1.807) is 0 Å². The number of rotatable bonds is 8. The Hall–Kier alpha value is -0.0800. The molecule has 0 bridgehead atoms. The van der Waals surface area contributed by atoms with Crippen LogP contribution in [-0.2, 0) is 0 Å². The van der Waals surface area contributed by atoms with E-state index in [0.717, 1.165) is 17.9 Å². The third-order valence-electron chi connectivity index (χ3n) is 5.23. The number of hydrogen-bond acceptors (Lipinski definition) is 2. The zero-order valence-corrected chi connectivity index (χ0v) is 13.9. The molecule has 114 valence electrons. The van der Waals surface area contributed by atoms with E-state index in [1.807, 2.05) is 0 Å². The van der Waals surface area contributed by atoms with Gasteiger partial charge in [0.2, 0.25) is 0 Å². The van der Waals surface area contributed by atoms with Crippen LogP contribution >= 0.6 is 0 Å². The fourth-order valence-electron chi connectivity index (χ4n) is 3.74. The number of hydrogen-bond donors (Lipinski definition) is 1. The first-order valence-electron chi connectivity index (χ1n) is 8.52.